The van der Waals surface area contributed by atoms with Crippen LogP contribution in [0.5, 0.6) is 0 Å². The summed E-state index contributed by atoms with van der Waals surface area (Å²) >= 11 is 14.5. The van der Waals surface area contributed by atoms with Crippen LogP contribution >= 0.6 is 80.8 Å². The molecule has 3 saturated heterocycles. The molecule has 0 spiro atoms. The van der Waals surface area contributed by atoms with E-state index < -0.39 is 28.2 Å². The average Bonchev–Trinajstić information content (AvgIpc) is 0.780. The summed E-state index contributed by atoms with van der Waals surface area (Å²) in [6.45, 7) is 50.5. The molecule has 5 aromatic rings. The van der Waals surface area contributed by atoms with Crippen molar-refractivity contribution in [3.8, 4) is 0 Å². The van der Waals surface area contributed by atoms with E-state index in [0.29, 0.717) is 43.0 Å². The standard InChI is InChI=1S/2C19H30NO.C18H27NO.C13H17BrO.C8H11N.C6H12.C4H6BrClO.C4H7BrO2.Cl2OS.ClH.HI/c2*1-15-10-9-11-16(2)17(15)14-18(21)19(3,4)20(5)12-7-6-8-13-20;1-14-9-8-10-15(2)16(14)13-17(20)18(3,4)19-11-6-5-7-12-19;1-9-6-5-7-10(2)11(9)8-12(15)13(3,4)14;1-6-4-3-5-7(2)8(6)9;1-2-4-6-5-3-1;2*1-4(2,5)3(6)7;1-4(2)3;;/h2*9-11H,6-8,12-14H2,1-5H3;8-10H,5-7,11-13H2,1-4H3;5-7H,8H2,1-4H3;3-5H,9H2,1-2H3;1-6H2;1-2H3;1-2H3,(H,6,7);;2*1H/q2*+1;;;;;;;;;/p-2. The Kier molecular flexibility index (Phi) is 51.8. The van der Waals surface area contributed by atoms with E-state index in [-0.39, 0.29) is 64.0 Å². The van der Waals surface area contributed by atoms with E-state index >= 15 is 0 Å². The van der Waals surface area contributed by atoms with Gasteiger partial charge in [0, 0.05) is 52.7 Å². The first-order valence-electron chi connectivity index (χ1n) is 39.5. The zero-order valence-corrected chi connectivity index (χ0v) is 83.2. The van der Waals surface area contributed by atoms with E-state index in [9.17, 15) is 28.8 Å². The summed E-state index contributed by atoms with van der Waals surface area (Å²) in [5.74, 6) is 0.484. The normalized spacial score (nSPS) is 15.3. The molecule has 0 atom stereocenters. The van der Waals surface area contributed by atoms with Gasteiger partial charge in [-0.2, -0.15) is 0 Å². The highest BCUT2D eigenvalue weighted by atomic mass is 127. The Morgan fingerprint density at radius 1 is 0.402 bits per heavy atom. The highest BCUT2D eigenvalue weighted by molar-refractivity contribution is 9.10. The zero-order chi connectivity index (χ0) is 84.6. The van der Waals surface area contributed by atoms with Gasteiger partial charge in [-0.1, -0.05) is 184 Å². The first-order chi connectivity index (χ1) is 50.6. The van der Waals surface area contributed by atoms with Gasteiger partial charge in [-0.3, -0.25) is 33.7 Å². The minimum Gasteiger partial charge on any atom is -1.00 e. The van der Waals surface area contributed by atoms with Crippen LogP contribution in [0.4, 0.5) is 5.69 Å². The maximum Gasteiger partial charge on any atom is 0.319 e. The molecular formula is C91H140Br3Cl4IN4O8S. The number of hydrogen-bond donors (Lipinski definition) is 2. The third kappa shape index (κ3) is 38.4. The molecule has 112 heavy (non-hydrogen) atoms. The minimum atomic E-state index is -1.67. The molecule has 12 nitrogen and oxygen atoms in total. The number of alkyl halides is 3. The fraction of sp³-hybridized carbons (Fsp3) is 0.604. The average molecular weight is 1960 g/mol. The summed E-state index contributed by atoms with van der Waals surface area (Å²) in [7, 11) is 11.9. The molecule has 1 saturated carbocycles. The number of carboxylic acids is 1. The zero-order valence-electron chi connectivity index (χ0n) is 72.5. The summed E-state index contributed by atoms with van der Waals surface area (Å²) in [5, 5.41) is 7.84. The van der Waals surface area contributed by atoms with Gasteiger partial charge < -0.3 is 56.2 Å². The first-order valence-corrected chi connectivity index (χ1v) is 45.0. The number of para-hydroxylation sites is 1. The molecule has 9 rings (SSSR count). The van der Waals surface area contributed by atoms with Crippen LogP contribution in [0.1, 0.15) is 257 Å². The number of hydrogen-bond acceptors (Lipinski definition) is 9. The summed E-state index contributed by atoms with van der Waals surface area (Å²) in [6, 6.07) is 31.0. The Balaban J connectivity index is 0. The smallest absolute Gasteiger partial charge is 0.319 e. The molecule has 3 N–H and O–H groups in total. The number of nitrogen functional groups attached to an aromatic ring is 1. The summed E-state index contributed by atoms with van der Waals surface area (Å²) in [6.07, 6.45) is 22.6. The number of quaternary nitrogens is 2. The predicted octanol–water partition coefficient (Wildman–Crippen LogP) is 17.4. The number of likely N-dealkylation sites (tertiary alicyclic amines) is 3. The number of ketones is 4. The van der Waals surface area contributed by atoms with Crippen molar-refractivity contribution in [2.45, 2.75) is 304 Å². The molecule has 4 fully saturated rings. The van der Waals surface area contributed by atoms with Crippen LogP contribution in [0.15, 0.2) is 91.0 Å². The van der Waals surface area contributed by atoms with Gasteiger partial charge in [-0.25, -0.2) is 4.21 Å². The monoisotopic (exact) mass is 1950 g/mol. The molecule has 0 unspecified atom stereocenters. The van der Waals surface area contributed by atoms with E-state index in [2.05, 4.69) is 252 Å². The van der Waals surface area contributed by atoms with Gasteiger partial charge in [0.25, 0.3) is 0 Å². The van der Waals surface area contributed by atoms with Gasteiger partial charge in [-0.15, -0.1) is 0 Å². The molecule has 0 aromatic heterocycles. The maximum absolute atomic E-state index is 13.0. The molecular weight excluding hydrogens is 1820 g/mol. The lowest BCUT2D eigenvalue weighted by Gasteiger charge is -2.48. The molecule has 634 valence electrons. The Morgan fingerprint density at radius 3 is 0.804 bits per heavy atom. The number of aliphatic carboxylic acids is 1. The van der Waals surface area contributed by atoms with E-state index in [0.717, 1.165) is 70.6 Å². The van der Waals surface area contributed by atoms with Gasteiger partial charge in [0.05, 0.1) is 54.5 Å². The van der Waals surface area contributed by atoms with Crippen molar-refractivity contribution in [2.75, 3.05) is 59.1 Å². The van der Waals surface area contributed by atoms with Crippen molar-refractivity contribution >= 4 is 130 Å². The largest absolute Gasteiger partial charge is 1.00 e. The molecule has 0 amide bonds. The number of Topliss-reactive ketones (excluding diaryl/α,β-unsaturated/α-hetero) is 4. The second-order valence-electron chi connectivity index (χ2n) is 34.0. The third-order valence-electron chi connectivity index (χ3n) is 23.1. The lowest BCUT2D eigenvalue weighted by Crippen LogP contribution is -3.00. The Morgan fingerprint density at radius 2 is 0.598 bits per heavy atom. The molecule has 5 aromatic carbocycles. The van der Waals surface area contributed by atoms with Crippen molar-refractivity contribution < 1.29 is 83.4 Å². The van der Waals surface area contributed by atoms with Crippen LogP contribution < -0.4 is 42.1 Å². The highest BCUT2D eigenvalue weighted by Crippen LogP contribution is 2.34. The van der Waals surface area contributed by atoms with Crippen molar-refractivity contribution in [1.29, 1.82) is 0 Å². The molecule has 3 heterocycles. The molecule has 0 bridgehead atoms. The molecule has 4 aliphatic rings. The van der Waals surface area contributed by atoms with Gasteiger partial charge in [-0.05, 0) is 306 Å². The van der Waals surface area contributed by atoms with Crippen molar-refractivity contribution in [1.82, 2.24) is 4.90 Å². The number of aryl methyl sites for hydroxylation is 10. The number of carbonyl (C=O) groups excluding carboxylic acids is 5. The number of carbonyl (C=O) groups is 6. The van der Waals surface area contributed by atoms with Crippen molar-refractivity contribution in [3.05, 3.63) is 169 Å². The number of nitrogens with zero attached hydrogens (tertiary/aromatic N) is 3. The SMILES string of the molecule is C1CCCCC1.CC(C)(Br)C(=O)Cl.CC(C)(Br)C(=O)O.Cc1cccc(C)c1CC(=O)C(C)(C)Br.Cc1cccc(C)c1CC(=O)C(C)(C)N1CCCCC1.Cc1cccc(C)c1CC(=O)C(C)(C)[N+]1(C)CCCCC1.Cc1cccc(C)c1CC(=O)C(C)(C)[N+]1(C)CCCCC1.Cc1cccc(C)c1N.O=S(Cl)Cl.[Cl-].[I-]. The van der Waals surface area contributed by atoms with E-state index in [1.807, 2.05) is 52.0 Å². The topological polar surface area (TPSA) is 169 Å². The number of likely N-dealkylation sites (N-methyl/N-ethyl adjacent to an activating group) is 2. The lowest BCUT2D eigenvalue weighted by molar-refractivity contribution is -0.949. The van der Waals surface area contributed by atoms with Gasteiger partial charge in [0.1, 0.15) is 4.32 Å². The first kappa shape index (κ1) is 111. The quantitative estimate of drug-likeness (QED) is 0.0300. The third-order valence-corrected chi connectivity index (χ3v) is 25.0. The number of carboxylic acid groups (broad SMARTS) is 1. The van der Waals surface area contributed by atoms with E-state index in [1.54, 1.807) is 27.7 Å². The molecule has 21 heteroatoms. The van der Waals surface area contributed by atoms with Gasteiger partial charge >= 0.3 is 5.97 Å². The maximum atomic E-state index is 13.0. The van der Waals surface area contributed by atoms with Gasteiger partial charge in [0.15, 0.2) is 34.2 Å². The van der Waals surface area contributed by atoms with Crippen LogP contribution in [0.3, 0.4) is 0 Å². The Hall–Kier alpha value is -2.92. The molecule has 3 aliphatic heterocycles. The number of nitrogens with two attached hydrogens (primary N) is 1. The van der Waals surface area contributed by atoms with Crippen LogP contribution in [-0.4, -0.2) is 140 Å². The van der Waals surface area contributed by atoms with Crippen LogP contribution in [-0.2, 0) is 63.7 Å². The van der Waals surface area contributed by atoms with Gasteiger partial charge in [0.2, 0.25) is 14.5 Å². The van der Waals surface area contributed by atoms with E-state index in [4.69, 9.17) is 26.7 Å². The van der Waals surface area contributed by atoms with Crippen molar-refractivity contribution in [2.24, 2.45) is 0 Å². The Labute approximate surface area is 743 Å². The second-order valence-corrected chi connectivity index (χ2v) is 42.8. The predicted molar refractivity (Wildman–Crippen MR) is 481 cm³/mol. The fourth-order valence-electron chi connectivity index (χ4n) is 13.7. The lowest BCUT2D eigenvalue weighted by atomic mass is 9.85. The number of anilines is 1. The molecule has 1 aliphatic carbocycles. The van der Waals surface area contributed by atoms with Crippen LogP contribution in [0.25, 0.3) is 0 Å². The number of rotatable bonds is 17. The molecule has 0 radical (unpaired) electrons. The number of halogens is 8. The fourth-order valence-corrected chi connectivity index (χ4v) is 13.8. The summed E-state index contributed by atoms with van der Waals surface area (Å²) in [5.41, 5.74) is 22.6. The minimum absolute atomic E-state index is 0. The van der Waals surface area contributed by atoms with E-state index in [1.165, 1.54) is 158 Å². The second kappa shape index (κ2) is 52.2. The van der Waals surface area contributed by atoms with Crippen LogP contribution in [0, 0.1) is 69.2 Å². The van der Waals surface area contributed by atoms with Crippen LogP contribution in [0.2, 0.25) is 0 Å². The Bertz CT molecular complexity index is 3530. The summed E-state index contributed by atoms with van der Waals surface area (Å²) in [4.78, 5) is 73.3. The number of piperidine rings is 3. The van der Waals surface area contributed by atoms with Crippen molar-refractivity contribution in [3.63, 3.8) is 0 Å². The number of benzene rings is 5. The summed E-state index contributed by atoms with van der Waals surface area (Å²) < 4.78 is 9.12. The highest BCUT2D eigenvalue weighted by Gasteiger charge is 2.48.